The van der Waals surface area contributed by atoms with Crippen LogP contribution in [0.1, 0.15) is 29.8 Å². The number of nitrogens with one attached hydrogen (secondary N) is 1. The van der Waals surface area contributed by atoms with Gasteiger partial charge < -0.3 is 14.8 Å². The van der Waals surface area contributed by atoms with E-state index in [1.807, 2.05) is 6.07 Å². The van der Waals surface area contributed by atoms with Crippen LogP contribution in [-0.2, 0) is 0 Å². The fourth-order valence-electron chi connectivity index (χ4n) is 2.23. The lowest BCUT2D eigenvalue weighted by Gasteiger charge is -2.13. The van der Waals surface area contributed by atoms with E-state index in [0.717, 1.165) is 0 Å². The molecule has 134 valence electrons. The number of hydrogen-bond donors (Lipinski definition) is 1. The van der Waals surface area contributed by atoms with Crippen LogP contribution in [0.3, 0.4) is 0 Å². The Morgan fingerprint density at radius 2 is 1.73 bits per heavy atom. The summed E-state index contributed by atoms with van der Waals surface area (Å²) in [7, 11) is 0. The molecule has 0 atom stereocenters. The van der Waals surface area contributed by atoms with Gasteiger partial charge in [0, 0.05) is 11.6 Å². The second-order valence-corrected chi connectivity index (χ2v) is 5.08. The van der Waals surface area contributed by atoms with Gasteiger partial charge in [-0.25, -0.2) is 0 Å². The number of amides is 1. The summed E-state index contributed by atoms with van der Waals surface area (Å²) in [4.78, 5) is 23.1. The molecule has 0 saturated heterocycles. The molecule has 0 radical (unpaired) electrons. The average molecular weight is 355 g/mol. The molecule has 2 rings (SSSR count). The minimum Gasteiger partial charge on any atom is -0.490 e. The summed E-state index contributed by atoms with van der Waals surface area (Å²) >= 11 is 0. The molecule has 2 aromatic carbocycles. The molecule has 0 aliphatic rings. The molecule has 0 saturated carbocycles. The molecule has 0 aliphatic carbocycles. The molecule has 8 heteroatoms. The van der Waals surface area contributed by atoms with Crippen LogP contribution in [0.25, 0.3) is 0 Å². The van der Waals surface area contributed by atoms with E-state index in [-0.39, 0.29) is 22.7 Å². The zero-order chi connectivity index (χ0) is 19.1. The molecule has 0 aromatic heterocycles. The van der Waals surface area contributed by atoms with Crippen LogP contribution in [0, 0.1) is 21.4 Å². The maximum absolute atomic E-state index is 12.4. The zero-order valence-electron chi connectivity index (χ0n) is 14.3. The molecule has 0 unspecified atom stereocenters. The van der Waals surface area contributed by atoms with E-state index < -0.39 is 10.8 Å². The van der Waals surface area contributed by atoms with E-state index in [2.05, 4.69) is 5.32 Å². The smallest absolute Gasteiger partial charge is 0.296 e. The molecule has 8 nitrogen and oxygen atoms in total. The number of benzene rings is 2. The highest BCUT2D eigenvalue weighted by molar-refractivity contribution is 6.05. The summed E-state index contributed by atoms with van der Waals surface area (Å²) < 4.78 is 10.8. The van der Waals surface area contributed by atoms with Crippen LogP contribution in [-0.4, -0.2) is 24.0 Å². The predicted molar refractivity (Wildman–Crippen MR) is 94.5 cm³/mol. The molecule has 0 heterocycles. The number of nitro groups is 1. The summed E-state index contributed by atoms with van der Waals surface area (Å²) in [6.07, 6.45) is 0. The van der Waals surface area contributed by atoms with Gasteiger partial charge in [-0.15, -0.1) is 0 Å². The van der Waals surface area contributed by atoms with Crippen molar-refractivity contribution in [1.82, 2.24) is 0 Å². The maximum Gasteiger partial charge on any atom is 0.296 e. The normalized spacial score (nSPS) is 9.88. The number of rotatable bonds is 7. The third kappa shape index (κ3) is 4.27. The SMILES string of the molecule is CCOc1cc(NC(=O)c2ccc(C#N)cc2)c([N+](=O)[O-])cc1OCC. The van der Waals surface area contributed by atoms with Crippen molar-refractivity contribution >= 4 is 17.3 Å². The fourth-order valence-corrected chi connectivity index (χ4v) is 2.23. The summed E-state index contributed by atoms with van der Waals surface area (Å²) in [6, 6.07) is 10.5. The van der Waals surface area contributed by atoms with Crippen molar-refractivity contribution in [2.24, 2.45) is 0 Å². The van der Waals surface area contributed by atoms with Crippen molar-refractivity contribution in [3.63, 3.8) is 0 Å². The number of anilines is 1. The molecule has 0 spiro atoms. The lowest BCUT2D eigenvalue weighted by Crippen LogP contribution is -2.13. The van der Waals surface area contributed by atoms with E-state index in [4.69, 9.17) is 14.7 Å². The number of carbonyl (C=O) groups excluding carboxylic acids is 1. The topological polar surface area (TPSA) is 114 Å². The monoisotopic (exact) mass is 355 g/mol. The molecule has 0 bridgehead atoms. The van der Waals surface area contributed by atoms with Crippen LogP contribution in [0.2, 0.25) is 0 Å². The Morgan fingerprint density at radius 1 is 1.15 bits per heavy atom. The maximum atomic E-state index is 12.4. The van der Waals surface area contributed by atoms with Gasteiger partial charge in [0.2, 0.25) is 0 Å². The van der Waals surface area contributed by atoms with Gasteiger partial charge in [-0.05, 0) is 38.1 Å². The van der Waals surface area contributed by atoms with Gasteiger partial charge in [-0.3, -0.25) is 14.9 Å². The highest BCUT2D eigenvalue weighted by Gasteiger charge is 2.22. The van der Waals surface area contributed by atoms with E-state index in [1.54, 1.807) is 13.8 Å². The molecule has 26 heavy (non-hydrogen) atoms. The summed E-state index contributed by atoms with van der Waals surface area (Å²) in [5, 5.41) is 22.7. The molecular weight excluding hydrogens is 338 g/mol. The Morgan fingerprint density at radius 3 is 2.23 bits per heavy atom. The first-order valence-corrected chi connectivity index (χ1v) is 7.89. The number of ether oxygens (including phenoxy) is 2. The van der Waals surface area contributed by atoms with Gasteiger partial charge in [0.15, 0.2) is 11.5 Å². The second kappa shape index (κ2) is 8.48. The van der Waals surface area contributed by atoms with Gasteiger partial charge in [-0.2, -0.15) is 5.26 Å². The third-order valence-corrected chi connectivity index (χ3v) is 3.38. The van der Waals surface area contributed by atoms with E-state index in [1.165, 1.54) is 36.4 Å². The summed E-state index contributed by atoms with van der Waals surface area (Å²) in [6.45, 7) is 4.17. The van der Waals surface area contributed by atoms with Crippen LogP contribution in [0.5, 0.6) is 11.5 Å². The van der Waals surface area contributed by atoms with Gasteiger partial charge in [0.1, 0.15) is 5.69 Å². The number of nitriles is 1. The molecule has 0 fully saturated rings. The first-order valence-electron chi connectivity index (χ1n) is 7.89. The third-order valence-electron chi connectivity index (χ3n) is 3.38. The number of nitrogens with zero attached hydrogens (tertiary/aromatic N) is 2. The molecular formula is C18H17N3O5. The number of nitro benzene ring substituents is 1. The van der Waals surface area contributed by atoms with Gasteiger partial charge in [0.05, 0.1) is 35.8 Å². The van der Waals surface area contributed by atoms with Crippen molar-refractivity contribution in [1.29, 1.82) is 5.26 Å². The Hall–Kier alpha value is -3.60. The van der Waals surface area contributed by atoms with Crippen LogP contribution in [0.4, 0.5) is 11.4 Å². The Bertz CT molecular complexity index is 856. The van der Waals surface area contributed by atoms with Crippen molar-refractivity contribution < 1.29 is 19.2 Å². The largest absolute Gasteiger partial charge is 0.490 e. The average Bonchev–Trinajstić information content (AvgIpc) is 2.63. The van der Waals surface area contributed by atoms with E-state index >= 15 is 0 Å². The fraction of sp³-hybridized carbons (Fsp3) is 0.222. The van der Waals surface area contributed by atoms with Gasteiger partial charge >= 0.3 is 0 Å². The second-order valence-electron chi connectivity index (χ2n) is 5.08. The minimum atomic E-state index is -0.605. The van der Waals surface area contributed by atoms with E-state index in [0.29, 0.717) is 24.5 Å². The minimum absolute atomic E-state index is 0.00346. The highest BCUT2D eigenvalue weighted by Crippen LogP contribution is 2.38. The lowest BCUT2D eigenvalue weighted by molar-refractivity contribution is -0.384. The van der Waals surface area contributed by atoms with Crippen molar-refractivity contribution in [2.75, 3.05) is 18.5 Å². The Balaban J connectivity index is 2.39. The molecule has 1 amide bonds. The molecule has 0 aliphatic heterocycles. The quantitative estimate of drug-likeness (QED) is 0.600. The van der Waals surface area contributed by atoms with Crippen molar-refractivity contribution in [3.8, 4) is 17.6 Å². The van der Waals surface area contributed by atoms with Crippen LogP contribution in [0.15, 0.2) is 36.4 Å². The summed E-state index contributed by atoms with van der Waals surface area (Å²) in [5.74, 6) is -0.00306. The summed E-state index contributed by atoms with van der Waals surface area (Å²) in [5.41, 5.74) is 0.368. The van der Waals surface area contributed by atoms with E-state index in [9.17, 15) is 14.9 Å². The number of carbonyl (C=O) groups is 1. The zero-order valence-corrected chi connectivity index (χ0v) is 14.3. The Labute approximate surface area is 150 Å². The first-order chi connectivity index (χ1) is 12.5. The van der Waals surface area contributed by atoms with Crippen molar-refractivity contribution in [2.45, 2.75) is 13.8 Å². The standard InChI is InChI=1S/C18H17N3O5/c1-3-25-16-9-14(15(21(23)24)10-17(16)26-4-2)20-18(22)13-7-5-12(11-19)6-8-13/h5-10H,3-4H2,1-2H3,(H,20,22). The Kier molecular flexibility index (Phi) is 6.11. The van der Waals surface area contributed by atoms with Crippen molar-refractivity contribution in [3.05, 3.63) is 57.6 Å². The van der Waals surface area contributed by atoms with Crippen LogP contribution >= 0.6 is 0 Å². The van der Waals surface area contributed by atoms with Gasteiger partial charge in [-0.1, -0.05) is 0 Å². The number of hydrogen-bond acceptors (Lipinski definition) is 6. The predicted octanol–water partition coefficient (Wildman–Crippen LogP) is 3.52. The molecule has 2 aromatic rings. The van der Waals surface area contributed by atoms with Gasteiger partial charge in [0.25, 0.3) is 11.6 Å². The lowest BCUT2D eigenvalue weighted by atomic mass is 10.1. The first kappa shape index (κ1) is 18.7. The highest BCUT2D eigenvalue weighted by atomic mass is 16.6. The molecule has 1 N–H and O–H groups in total. The van der Waals surface area contributed by atoms with Crippen LogP contribution < -0.4 is 14.8 Å².